The van der Waals surface area contributed by atoms with E-state index in [9.17, 15) is 19.8 Å². The molecule has 8 atom stereocenters. The van der Waals surface area contributed by atoms with Crippen LogP contribution in [0.4, 0.5) is 0 Å². The van der Waals surface area contributed by atoms with E-state index >= 15 is 4.79 Å². The molecule has 6 rings (SSSR count). The van der Waals surface area contributed by atoms with Gasteiger partial charge in [0.05, 0.1) is 43.0 Å². The number of carbonyl (C=O) groups excluding carboxylic acids is 3. The van der Waals surface area contributed by atoms with Gasteiger partial charge < -0.3 is 33.6 Å². The number of fused-ring (bicyclic) bond motifs is 4. The average Bonchev–Trinajstić information content (AvgIpc) is 3.86. The van der Waals surface area contributed by atoms with Gasteiger partial charge in [-0.05, 0) is 73.8 Å². The van der Waals surface area contributed by atoms with Gasteiger partial charge in [0, 0.05) is 17.3 Å². The van der Waals surface area contributed by atoms with E-state index in [-0.39, 0.29) is 29.6 Å². The van der Waals surface area contributed by atoms with E-state index < -0.39 is 78.0 Å². The first kappa shape index (κ1) is 37.4. The van der Waals surface area contributed by atoms with Crippen molar-refractivity contribution in [2.45, 2.75) is 109 Å². The molecular formula is C40H52O10Si. The molecule has 1 spiro atoms. The summed E-state index contributed by atoms with van der Waals surface area (Å²) in [6, 6.07) is 15.6. The van der Waals surface area contributed by atoms with E-state index in [0.29, 0.717) is 18.6 Å². The number of hydrogen-bond acceptors (Lipinski definition) is 10. The van der Waals surface area contributed by atoms with Crippen molar-refractivity contribution < 1.29 is 48.0 Å². The Labute approximate surface area is 301 Å². The summed E-state index contributed by atoms with van der Waals surface area (Å²) in [6.07, 6.45) is -1.28. The fourth-order valence-corrected chi connectivity index (χ4v) is 9.90. The third-order valence-corrected chi connectivity index (χ3v) is 17.3. The Balaban J connectivity index is 1.57. The normalized spacial score (nSPS) is 34.5. The van der Waals surface area contributed by atoms with Crippen molar-refractivity contribution >= 4 is 25.9 Å². The molecule has 2 bridgehead atoms. The van der Waals surface area contributed by atoms with Gasteiger partial charge in [0.2, 0.25) is 5.78 Å². The maximum Gasteiger partial charge on any atom is 0.338 e. The van der Waals surface area contributed by atoms with Gasteiger partial charge in [-0.25, -0.2) is 4.79 Å². The van der Waals surface area contributed by atoms with E-state index in [4.69, 9.17) is 23.4 Å². The Morgan fingerprint density at radius 1 is 1.02 bits per heavy atom. The molecule has 1 aliphatic heterocycles. The molecule has 51 heavy (non-hydrogen) atoms. The van der Waals surface area contributed by atoms with E-state index in [2.05, 4.69) is 33.9 Å². The summed E-state index contributed by atoms with van der Waals surface area (Å²) in [7, 11) is -0.965. The van der Waals surface area contributed by atoms with Crippen LogP contribution in [-0.2, 0) is 34.8 Å². The highest BCUT2D eigenvalue weighted by molar-refractivity contribution is 6.74. The van der Waals surface area contributed by atoms with Gasteiger partial charge in [-0.2, -0.15) is 0 Å². The number of methoxy groups -OCH3 is 1. The minimum atomic E-state index is -2.54. The fraction of sp³-hybridized carbons (Fsp3) is 0.575. The van der Waals surface area contributed by atoms with Crippen LogP contribution in [0.3, 0.4) is 0 Å². The van der Waals surface area contributed by atoms with Gasteiger partial charge in [-0.15, -0.1) is 0 Å². The predicted molar refractivity (Wildman–Crippen MR) is 192 cm³/mol. The molecule has 2 aromatic carbocycles. The molecule has 2 saturated carbocycles. The van der Waals surface area contributed by atoms with Crippen molar-refractivity contribution in [1.29, 1.82) is 0 Å². The first-order valence-corrected chi connectivity index (χ1v) is 20.7. The predicted octanol–water partition coefficient (Wildman–Crippen LogP) is 6.36. The van der Waals surface area contributed by atoms with Gasteiger partial charge in [0.25, 0.3) is 0 Å². The third-order valence-electron chi connectivity index (χ3n) is 12.9. The van der Waals surface area contributed by atoms with Crippen LogP contribution < -0.4 is 4.74 Å². The van der Waals surface area contributed by atoms with Crippen molar-refractivity contribution in [1.82, 2.24) is 0 Å². The van der Waals surface area contributed by atoms with Crippen LogP contribution in [0.1, 0.15) is 70.3 Å². The number of ether oxygens (including phenoxy) is 4. The summed E-state index contributed by atoms with van der Waals surface area (Å²) in [5.74, 6) is -4.17. The Bertz CT molecular complexity index is 1710. The first-order chi connectivity index (χ1) is 23.7. The van der Waals surface area contributed by atoms with Gasteiger partial charge >= 0.3 is 5.97 Å². The Morgan fingerprint density at radius 3 is 2.22 bits per heavy atom. The molecule has 1 saturated heterocycles. The lowest BCUT2D eigenvalue weighted by atomic mass is 9.46. The second-order valence-corrected chi connectivity index (χ2v) is 21.8. The van der Waals surface area contributed by atoms with Crippen LogP contribution in [0.15, 0.2) is 66.4 Å². The zero-order valence-corrected chi connectivity index (χ0v) is 32.1. The third kappa shape index (κ3) is 5.89. The zero-order valence-electron chi connectivity index (χ0n) is 31.1. The number of Topliss-reactive ketones (excluding diaryl/α,β-unsaturated/α-hetero) is 2. The first-order valence-electron chi connectivity index (χ1n) is 17.8. The monoisotopic (exact) mass is 720 g/mol. The minimum Gasteiger partial charge on any atom is -0.505 e. The quantitative estimate of drug-likeness (QED) is 0.180. The van der Waals surface area contributed by atoms with E-state index in [1.165, 1.54) is 6.08 Å². The lowest BCUT2D eigenvalue weighted by Crippen LogP contribution is -2.76. The second-order valence-electron chi connectivity index (χ2n) is 17.1. The summed E-state index contributed by atoms with van der Waals surface area (Å²) in [6.45, 7) is 16.0. The van der Waals surface area contributed by atoms with E-state index in [1.54, 1.807) is 70.3 Å². The van der Waals surface area contributed by atoms with Gasteiger partial charge in [-0.1, -0.05) is 65.0 Å². The second kappa shape index (κ2) is 12.7. The molecular weight excluding hydrogens is 669 g/mol. The van der Waals surface area contributed by atoms with Crippen molar-refractivity contribution in [2.24, 2.45) is 22.7 Å². The maximum atomic E-state index is 15.7. The molecule has 2 N–H and O–H groups in total. The highest BCUT2D eigenvalue weighted by Crippen LogP contribution is 2.65. The van der Waals surface area contributed by atoms with Gasteiger partial charge in [0.15, 0.2) is 25.5 Å². The number of epoxide rings is 1. The number of rotatable bonds is 8. The van der Waals surface area contributed by atoms with Crippen molar-refractivity contribution in [3.05, 3.63) is 77.6 Å². The number of hydrogen-bond donors (Lipinski definition) is 2. The van der Waals surface area contributed by atoms with Gasteiger partial charge in [-0.3, -0.25) is 9.59 Å². The lowest BCUT2D eigenvalue weighted by Gasteiger charge is -2.62. The topological polar surface area (TPSA) is 141 Å². The summed E-state index contributed by atoms with van der Waals surface area (Å²) >= 11 is 0. The Kier molecular flexibility index (Phi) is 9.28. The summed E-state index contributed by atoms with van der Waals surface area (Å²) < 4.78 is 31.7. The number of benzene rings is 2. The SMILES string of the molecule is COc1ccc(CO[C@H]2C(=O)[C@]3(C)[C@@H](O[Si](C)(C)C(C)(C)C)CC[C@@]4(CO4)[C@H]3[C@H](OC(=O)c3ccccc3)[C@]3(O)C(=O)C(O)=C[C@H]2C3(C)C)cc1. The number of aliphatic hydroxyl groups is 2. The van der Waals surface area contributed by atoms with Crippen molar-refractivity contribution in [3.63, 3.8) is 0 Å². The average molecular weight is 721 g/mol. The maximum absolute atomic E-state index is 15.7. The van der Waals surface area contributed by atoms with Crippen LogP contribution in [0, 0.1) is 22.7 Å². The minimum absolute atomic E-state index is 0.0243. The van der Waals surface area contributed by atoms with Crippen LogP contribution in [0.25, 0.3) is 0 Å². The molecule has 1 heterocycles. The molecule has 276 valence electrons. The largest absolute Gasteiger partial charge is 0.505 e. The molecule has 4 aliphatic rings. The molecule has 3 aliphatic carbocycles. The number of ketones is 2. The molecule has 10 nitrogen and oxygen atoms in total. The fourth-order valence-electron chi connectivity index (χ4n) is 8.48. The smallest absolute Gasteiger partial charge is 0.338 e. The highest BCUT2D eigenvalue weighted by atomic mass is 28.4. The standard InChI is InChI=1S/C40H52O10Si/c1-36(2,3)51(8,9)50-29-19-20-39(23-48-39)31-34(49-35(44)25-13-11-10-12-14-25)40(45)32(42)28(41)21-27(37(40,4)5)30(33(43)38(29,31)6)47-22-24-15-17-26(46-7)18-16-24/h10-18,21,27,29-31,34,41,45H,19-20,22-23H2,1-9H3/t27-,29+,30-,31+,34+,38-,39-,40-/m1/s1. The van der Waals surface area contributed by atoms with Crippen LogP contribution >= 0.6 is 0 Å². The Hall–Kier alpha value is -3.35. The van der Waals surface area contributed by atoms with E-state index in [1.807, 2.05) is 12.1 Å². The molecule has 11 heteroatoms. The Morgan fingerprint density at radius 2 is 1.65 bits per heavy atom. The van der Waals surface area contributed by atoms with Crippen molar-refractivity contribution in [2.75, 3.05) is 13.7 Å². The zero-order chi connectivity index (χ0) is 37.4. The van der Waals surface area contributed by atoms with Crippen LogP contribution in [0.5, 0.6) is 5.75 Å². The number of esters is 1. The molecule has 0 unspecified atom stereocenters. The van der Waals surface area contributed by atoms with Crippen molar-refractivity contribution in [3.8, 4) is 5.75 Å². The number of aliphatic hydroxyl groups excluding tert-OH is 1. The molecule has 3 fully saturated rings. The summed E-state index contributed by atoms with van der Waals surface area (Å²) in [5, 5.41) is 24.2. The lowest BCUT2D eigenvalue weighted by molar-refractivity contribution is -0.239. The van der Waals surface area contributed by atoms with Crippen LogP contribution in [0.2, 0.25) is 18.1 Å². The molecule has 2 aromatic rings. The van der Waals surface area contributed by atoms with E-state index in [0.717, 1.165) is 5.56 Å². The number of carbonyl (C=O) groups is 3. The molecule has 0 amide bonds. The highest BCUT2D eigenvalue weighted by Gasteiger charge is 2.78. The van der Waals surface area contributed by atoms with Gasteiger partial charge in [0.1, 0.15) is 18.0 Å². The van der Waals surface area contributed by atoms with Crippen LogP contribution in [-0.4, -0.2) is 79.3 Å². The summed E-state index contributed by atoms with van der Waals surface area (Å²) in [5.41, 5.74) is -5.47. The molecule has 0 aromatic heterocycles. The molecule has 0 radical (unpaired) electrons. The summed E-state index contributed by atoms with van der Waals surface area (Å²) in [4.78, 5) is 44.1.